The molecule has 0 aliphatic carbocycles. The molecule has 4 nitrogen and oxygen atoms in total. The maximum absolute atomic E-state index is 11.8. The highest BCUT2D eigenvalue weighted by atomic mass is 32.2. The van der Waals surface area contributed by atoms with Crippen LogP contribution in [0.25, 0.3) is 0 Å². The number of alkyl halides is 3. The van der Waals surface area contributed by atoms with Crippen molar-refractivity contribution < 1.29 is 21.6 Å². The molecule has 0 aromatic carbocycles. The molecule has 14 heavy (non-hydrogen) atoms. The SMILES string of the molecule is O=S(=O)(NCC1=NCCC1)C(F)(F)F. The molecule has 1 aliphatic rings. The minimum atomic E-state index is -5.24. The van der Waals surface area contributed by atoms with Crippen molar-refractivity contribution in [1.29, 1.82) is 0 Å². The second-order valence-electron chi connectivity index (χ2n) is 2.82. The lowest BCUT2D eigenvalue weighted by Gasteiger charge is -2.08. The molecule has 1 rings (SSSR count). The summed E-state index contributed by atoms with van der Waals surface area (Å²) in [5.41, 5.74) is -4.77. The number of halogens is 3. The molecule has 1 N–H and O–H groups in total. The fourth-order valence-electron chi connectivity index (χ4n) is 1.00. The predicted molar refractivity (Wildman–Crippen MR) is 44.5 cm³/mol. The molecule has 0 aromatic heterocycles. The van der Waals surface area contributed by atoms with Crippen LogP contribution >= 0.6 is 0 Å². The Hall–Kier alpha value is -0.630. The molecule has 1 aliphatic heterocycles. The third kappa shape index (κ3) is 2.68. The Labute approximate surface area is 79.3 Å². The fraction of sp³-hybridized carbons (Fsp3) is 0.833. The van der Waals surface area contributed by atoms with E-state index >= 15 is 0 Å². The summed E-state index contributed by atoms with van der Waals surface area (Å²) in [6.45, 7) is 0.213. The average Bonchev–Trinajstić information content (AvgIpc) is 2.50. The summed E-state index contributed by atoms with van der Waals surface area (Å²) in [6, 6.07) is 0. The lowest BCUT2D eigenvalue weighted by atomic mass is 10.2. The zero-order chi connectivity index (χ0) is 10.8. The predicted octanol–water partition coefficient (Wildman–Crippen LogP) is 0.660. The summed E-state index contributed by atoms with van der Waals surface area (Å²) in [6.07, 6.45) is 1.32. The van der Waals surface area contributed by atoms with E-state index < -0.39 is 15.5 Å². The minimum Gasteiger partial charge on any atom is -0.293 e. The molecule has 0 spiro atoms. The highest BCUT2D eigenvalue weighted by Gasteiger charge is 2.45. The molecule has 0 saturated heterocycles. The topological polar surface area (TPSA) is 58.5 Å². The fourth-order valence-corrected chi connectivity index (χ4v) is 1.52. The van der Waals surface area contributed by atoms with Gasteiger partial charge in [0, 0.05) is 18.8 Å². The Morgan fingerprint density at radius 1 is 1.43 bits per heavy atom. The largest absolute Gasteiger partial charge is 0.511 e. The Kier molecular flexibility index (Phi) is 3.15. The van der Waals surface area contributed by atoms with Crippen LogP contribution in [0.3, 0.4) is 0 Å². The van der Waals surface area contributed by atoms with Crippen LogP contribution in [0.4, 0.5) is 13.2 Å². The van der Waals surface area contributed by atoms with Crippen molar-refractivity contribution in [3.63, 3.8) is 0 Å². The van der Waals surface area contributed by atoms with Crippen molar-refractivity contribution in [3.05, 3.63) is 0 Å². The highest BCUT2D eigenvalue weighted by Crippen LogP contribution is 2.21. The molecule has 82 valence electrons. The summed E-state index contributed by atoms with van der Waals surface area (Å²) in [4.78, 5) is 3.84. The van der Waals surface area contributed by atoms with E-state index in [1.54, 1.807) is 0 Å². The van der Waals surface area contributed by atoms with Crippen molar-refractivity contribution in [3.8, 4) is 0 Å². The van der Waals surface area contributed by atoms with Crippen molar-refractivity contribution in [2.24, 2.45) is 4.99 Å². The number of hydrogen-bond donors (Lipinski definition) is 1. The molecule has 0 atom stereocenters. The first-order valence-corrected chi connectivity index (χ1v) is 5.39. The molecular formula is C6H9F3N2O2S. The quantitative estimate of drug-likeness (QED) is 0.774. The van der Waals surface area contributed by atoms with E-state index in [0.717, 1.165) is 6.42 Å². The second kappa shape index (κ2) is 3.85. The molecule has 0 amide bonds. The van der Waals surface area contributed by atoms with Gasteiger partial charge in [-0.3, -0.25) is 4.99 Å². The molecule has 0 aromatic rings. The number of nitrogens with one attached hydrogen (secondary N) is 1. The molecule has 8 heteroatoms. The third-order valence-corrected chi connectivity index (χ3v) is 2.86. The molecule has 1 heterocycles. The van der Waals surface area contributed by atoms with Crippen molar-refractivity contribution >= 4 is 15.7 Å². The van der Waals surface area contributed by atoms with Crippen LogP contribution in [-0.2, 0) is 10.0 Å². The first-order valence-electron chi connectivity index (χ1n) is 3.91. The van der Waals surface area contributed by atoms with Crippen LogP contribution < -0.4 is 4.72 Å². The van der Waals surface area contributed by atoms with Gasteiger partial charge in [0.05, 0.1) is 0 Å². The monoisotopic (exact) mass is 230 g/mol. The Morgan fingerprint density at radius 2 is 2.07 bits per heavy atom. The van der Waals surface area contributed by atoms with Gasteiger partial charge in [-0.05, 0) is 12.8 Å². The molecule has 0 saturated carbocycles. The van der Waals surface area contributed by atoms with Gasteiger partial charge in [0.2, 0.25) is 0 Å². The van der Waals surface area contributed by atoms with E-state index in [-0.39, 0.29) is 6.54 Å². The van der Waals surface area contributed by atoms with E-state index in [4.69, 9.17) is 0 Å². The van der Waals surface area contributed by atoms with Gasteiger partial charge in [-0.15, -0.1) is 0 Å². The molecule has 0 fully saturated rings. The zero-order valence-electron chi connectivity index (χ0n) is 7.13. The average molecular weight is 230 g/mol. The zero-order valence-corrected chi connectivity index (χ0v) is 7.95. The van der Waals surface area contributed by atoms with E-state index in [2.05, 4.69) is 4.99 Å². The minimum absolute atomic E-state index is 0.345. The third-order valence-electron chi connectivity index (χ3n) is 1.73. The highest BCUT2D eigenvalue weighted by molar-refractivity contribution is 7.90. The number of aliphatic imine (C=N–C) groups is 1. The maximum atomic E-state index is 11.8. The first kappa shape index (κ1) is 11.4. The van der Waals surface area contributed by atoms with Crippen LogP contribution in [0, 0.1) is 0 Å². The van der Waals surface area contributed by atoms with E-state index in [0.29, 0.717) is 18.7 Å². The summed E-state index contributed by atoms with van der Waals surface area (Å²) in [5, 5.41) is 0. The Bertz CT molecular complexity index is 333. The Morgan fingerprint density at radius 3 is 2.50 bits per heavy atom. The van der Waals surface area contributed by atoms with Crippen LogP contribution in [0.1, 0.15) is 12.8 Å². The summed E-state index contributed by atoms with van der Waals surface area (Å²) < 4.78 is 57.9. The number of nitrogens with zero attached hydrogens (tertiary/aromatic N) is 1. The smallest absolute Gasteiger partial charge is 0.293 e. The van der Waals surface area contributed by atoms with Gasteiger partial charge in [-0.2, -0.15) is 13.2 Å². The summed E-state index contributed by atoms with van der Waals surface area (Å²) in [5.74, 6) is 0. The Balaban J connectivity index is 2.53. The van der Waals surface area contributed by atoms with E-state index in [9.17, 15) is 21.6 Å². The summed E-state index contributed by atoms with van der Waals surface area (Å²) in [7, 11) is -5.22. The van der Waals surface area contributed by atoms with Gasteiger partial charge in [0.1, 0.15) is 0 Å². The van der Waals surface area contributed by atoms with Gasteiger partial charge in [-0.1, -0.05) is 0 Å². The molecule has 0 radical (unpaired) electrons. The van der Waals surface area contributed by atoms with Crippen molar-refractivity contribution in [1.82, 2.24) is 4.72 Å². The molecular weight excluding hydrogens is 221 g/mol. The lowest BCUT2D eigenvalue weighted by molar-refractivity contribution is -0.0446. The van der Waals surface area contributed by atoms with Crippen LogP contribution in [0.5, 0.6) is 0 Å². The van der Waals surface area contributed by atoms with Crippen molar-refractivity contribution in [2.75, 3.05) is 13.1 Å². The van der Waals surface area contributed by atoms with Gasteiger partial charge in [0.25, 0.3) is 0 Å². The summed E-state index contributed by atoms with van der Waals surface area (Å²) >= 11 is 0. The number of rotatable bonds is 3. The van der Waals surface area contributed by atoms with Crippen LogP contribution in [-0.4, -0.2) is 32.7 Å². The first-order chi connectivity index (χ1) is 6.33. The van der Waals surface area contributed by atoms with Gasteiger partial charge in [-0.25, -0.2) is 13.1 Å². The number of hydrogen-bond acceptors (Lipinski definition) is 3. The maximum Gasteiger partial charge on any atom is 0.511 e. The van der Waals surface area contributed by atoms with Gasteiger partial charge >= 0.3 is 15.5 Å². The van der Waals surface area contributed by atoms with E-state index in [1.807, 2.05) is 0 Å². The molecule has 0 bridgehead atoms. The lowest BCUT2D eigenvalue weighted by Crippen LogP contribution is -2.38. The second-order valence-corrected chi connectivity index (χ2v) is 4.58. The van der Waals surface area contributed by atoms with Gasteiger partial charge in [0.15, 0.2) is 0 Å². The molecule has 0 unspecified atom stereocenters. The van der Waals surface area contributed by atoms with Crippen LogP contribution in [0.2, 0.25) is 0 Å². The van der Waals surface area contributed by atoms with E-state index in [1.165, 1.54) is 4.72 Å². The normalized spacial score (nSPS) is 18.4. The van der Waals surface area contributed by atoms with Crippen molar-refractivity contribution in [2.45, 2.75) is 18.3 Å². The standard InChI is InChI=1S/C6H9F3N2O2S/c7-6(8,9)14(12,13)11-4-5-2-1-3-10-5/h11H,1-4H2. The van der Waals surface area contributed by atoms with Crippen LogP contribution in [0.15, 0.2) is 4.99 Å². The number of sulfonamides is 1. The van der Waals surface area contributed by atoms with Gasteiger partial charge < -0.3 is 0 Å².